The molecule has 0 aliphatic carbocycles. The highest BCUT2D eigenvalue weighted by Crippen LogP contribution is 2.25. The average Bonchev–Trinajstić information content (AvgIpc) is 2.28. The molecular weight excluding hydrogens is 198 g/mol. The van der Waals surface area contributed by atoms with E-state index in [0.717, 1.165) is 29.6 Å². The van der Waals surface area contributed by atoms with Crippen LogP contribution in [0.1, 0.15) is 13.3 Å². The molecule has 0 radical (unpaired) electrons. The summed E-state index contributed by atoms with van der Waals surface area (Å²) in [5.74, 6) is 0. The lowest BCUT2D eigenvalue weighted by molar-refractivity contribution is 0.855. The van der Waals surface area contributed by atoms with Crippen LogP contribution in [0.15, 0.2) is 30.5 Å². The van der Waals surface area contributed by atoms with Crippen LogP contribution in [-0.2, 0) is 0 Å². The molecule has 0 unspecified atom stereocenters. The molecular formula is C13H17N3. The second-order valence-electron chi connectivity index (χ2n) is 4.03. The summed E-state index contributed by atoms with van der Waals surface area (Å²) in [5, 5.41) is 1.16. The molecule has 84 valence electrons. The minimum atomic E-state index is 0.760. The van der Waals surface area contributed by atoms with Gasteiger partial charge in [-0.05, 0) is 30.7 Å². The number of pyridine rings is 1. The number of hydrogen-bond donors (Lipinski definition) is 1. The highest BCUT2D eigenvalue weighted by molar-refractivity contribution is 5.93. The first-order valence-corrected chi connectivity index (χ1v) is 5.57. The van der Waals surface area contributed by atoms with Gasteiger partial charge in [-0.25, -0.2) is 0 Å². The van der Waals surface area contributed by atoms with Crippen LogP contribution in [0, 0.1) is 0 Å². The quantitative estimate of drug-likeness (QED) is 0.800. The van der Waals surface area contributed by atoms with Gasteiger partial charge in [-0.2, -0.15) is 0 Å². The summed E-state index contributed by atoms with van der Waals surface area (Å²) in [6.07, 6.45) is 2.97. The number of rotatable bonds is 3. The van der Waals surface area contributed by atoms with E-state index >= 15 is 0 Å². The fourth-order valence-corrected chi connectivity index (χ4v) is 1.94. The zero-order valence-corrected chi connectivity index (χ0v) is 9.77. The molecule has 16 heavy (non-hydrogen) atoms. The summed E-state index contributed by atoms with van der Waals surface area (Å²) >= 11 is 0. The van der Waals surface area contributed by atoms with Crippen LogP contribution in [0.25, 0.3) is 10.9 Å². The molecule has 3 heteroatoms. The molecule has 0 bridgehead atoms. The van der Waals surface area contributed by atoms with Crippen LogP contribution in [0.5, 0.6) is 0 Å². The number of nitrogen functional groups attached to an aromatic ring is 1. The topological polar surface area (TPSA) is 42.2 Å². The summed E-state index contributed by atoms with van der Waals surface area (Å²) in [6.45, 7) is 3.22. The minimum absolute atomic E-state index is 0.760. The van der Waals surface area contributed by atoms with Gasteiger partial charge in [0.25, 0.3) is 0 Å². The second kappa shape index (κ2) is 4.39. The monoisotopic (exact) mass is 215 g/mol. The maximum Gasteiger partial charge on any atom is 0.0743 e. The van der Waals surface area contributed by atoms with Crippen LogP contribution in [0.3, 0.4) is 0 Å². The van der Waals surface area contributed by atoms with Gasteiger partial charge in [-0.3, -0.25) is 4.98 Å². The Hall–Kier alpha value is -1.77. The molecule has 0 spiro atoms. The van der Waals surface area contributed by atoms with Gasteiger partial charge in [0.15, 0.2) is 0 Å². The third-order valence-corrected chi connectivity index (χ3v) is 2.71. The summed E-state index contributed by atoms with van der Waals surface area (Å²) < 4.78 is 0. The van der Waals surface area contributed by atoms with E-state index in [1.54, 1.807) is 0 Å². The normalized spacial score (nSPS) is 10.6. The van der Waals surface area contributed by atoms with E-state index in [4.69, 9.17) is 5.73 Å². The Balaban J connectivity index is 2.53. The molecule has 1 aromatic carbocycles. The first-order chi connectivity index (χ1) is 7.72. The number of aromatic nitrogens is 1. The Morgan fingerprint density at radius 2 is 2.12 bits per heavy atom. The molecule has 0 atom stereocenters. The minimum Gasteiger partial charge on any atom is -0.399 e. The lowest BCUT2D eigenvalue weighted by atomic mass is 10.1. The Morgan fingerprint density at radius 3 is 2.88 bits per heavy atom. The van der Waals surface area contributed by atoms with Crippen molar-refractivity contribution in [3.8, 4) is 0 Å². The van der Waals surface area contributed by atoms with Crippen LogP contribution < -0.4 is 10.6 Å². The number of nitrogens with two attached hydrogens (primary N) is 1. The lowest BCUT2D eigenvalue weighted by Gasteiger charge is -2.20. The van der Waals surface area contributed by atoms with Crippen molar-refractivity contribution in [2.75, 3.05) is 24.2 Å². The molecule has 0 amide bonds. The molecule has 2 rings (SSSR count). The predicted octanol–water partition coefficient (Wildman–Crippen LogP) is 2.66. The number of benzene rings is 1. The molecule has 3 nitrogen and oxygen atoms in total. The van der Waals surface area contributed by atoms with Crippen molar-refractivity contribution >= 4 is 22.3 Å². The molecule has 0 fully saturated rings. The highest BCUT2D eigenvalue weighted by atomic mass is 15.1. The van der Waals surface area contributed by atoms with E-state index in [1.807, 2.05) is 30.5 Å². The molecule has 0 saturated heterocycles. The second-order valence-corrected chi connectivity index (χ2v) is 4.03. The van der Waals surface area contributed by atoms with Crippen LogP contribution in [0.4, 0.5) is 11.4 Å². The van der Waals surface area contributed by atoms with Crippen LogP contribution >= 0.6 is 0 Å². The van der Waals surface area contributed by atoms with E-state index in [-0.39, 0.29) is 0 Å². The molecule has 0 aliphatic rings. The van der Waals surface area contributed by atoms with E-state index in [1.165, 1.54) is 5.69 Å². The largest absolute Gasteiger partial charge is 0.399 e. The van der Waals surface area contributed by atoms with Gasteiger partial charge < -0.3 is 10.6 Å². The summed E-state index contributed by atoms with van der Waals surface area (Å²) in [4.78, 5) is 6.59. The van der Waals surface area contributed by atoms with Gasteiger partial charge in [0.2, 0.25) is 0 Å². The van der Waals surface area contributed by atoms with Crippen molar-refractivity contribution in [3.05, 3.63) is 30.5 Å². The molecule has 2 N–H and O–H groups in total. The maximum atomic E-state index is 5.76. The van der Waals surface area contributed by atoms with Crippen LogP contribution in [0.2, 0.25) is 0 Å². The van der Waals surface area contributed by atoms with Crippen molar-refractivity contribution in [3.63, 3.8) is 0 Å². The Kier molecular flexibility index (Phi) is 2.95. The van der Waals surface area contributed by atoms with Crippen molar-refractivity contribution in [1.29, 1.82) is 0 Å². The number of hydrogen-bond acceptors (Lipinski definition) is 3. The highest BCUT2D eigenvalue weighted by Gasteiger charge is 2.05. The third-order valence-electron chi connectivity index (χ3n) is 2.71. The van der Waals surface area contributed by atoms with E-state index in [2.05, 4.69) is 23.9 Å². The molecule has 1 aromatic heterocycles. The fraction of sp³-hybridized carbons (Fsp3) is 0.308. The Bertz CT molecular complexity index is 494. The summed E-state index contributed by atoms with van der Waals surface area (Å²) in [7, 11) is 2.11. The standard InChI is InChI=1S/C13H17N3/c1-3-8-16(2)13-6-7-15-12-9-10(14)4-5-11(12)13/h4-7,9H,3,8,14H2,1-2H3. The smallest absolute Gasteiger partial charge is 0.0743 e. The van der Waals surface area contributed by atoms with Gasteiger partial charge in [0, 0.05) is 36.6 Å². The molecule has 1 heterocycles. The van der Waals surface area contributed by atoms with Gasteiger partial charge in [0.05, 0.1) is 5.52 Å². The zero-order chi connectivity index (χ0) is 11.5. The average molecular weight is 215 g/mol. The van der Waals surface area contributed by atoms with Crippen molar-refractivity contribution in [2.45, 2.75) is 13.3 Å². The third kappa shape index (κ3) is 1.94. The fourth-order valence-electron chi connectivity index (χ4n) is 1.94. The first kappa shape index (κ1) is 10.7. The summed E-state index contributed by atoms with van der Waals surface area (Å²) in [6, 6.07) is 7.93. The first-order valence-electron chi connectivity index (χ1n) is 5.57. The Morgan fingerprint density at radius 1 is 1.31 bits per heavy atom. The zero-order valence-electron chi connectivity index (χ0n) is 9.77. The number of nitrogens with zero attached hydrogens (tertiary/aromatic N) is 2. The van der Waals surface area contributed by atoms with E-state index < -0.39 is 0 Å². The van der Waals surface area contributed by atoms with E-state index in [9.17, 15) is 0 Å². The molecule has 0 saturated carbocycles. The van der Waals surface area contributed by atoms with Gasteiger partial charge in [0.1, 0.15) is 0 Å². The lowest BCUT2D eigenvalue weighted by Crippen LogP contribution is -2.18. The molecule has 2 aromatic rings. The molecule has 0 aliphatic heterocycles. The van der Waals surface area contributed by atoms with Crippen LogP contribution in [-0.4, -0.2) is 18.6 Å². The van der Waals surface area contributed by atoms with Gasteiger partial charge in [-0.15, -0.1) is 0 Å². The predicted molar refractivity (Wildman–Crippen MR) is 69.7 cm³/mol. The summed E-state index contributed by atoms with van der Waals surface area (Å²) in [5.41, 5.74) is 8.69. The SMILES string of the molecule is CCCN(C)c1ccnc2cc(N)ccc12. The maximum absolute atomic E-state index is 5.76. The Labute approximate surface area is 95.9 Å². The van der Waals surface area contributed by atoms with Gasteiger partial charge >= 0.3 is 0 Å². The van der Waals surface area contributed by atoms with Crippen molar-refractivity contribution in [2.24, 2.45) is 0 Å². The number of fused-ring (bicyclic) bond motifs is 1. The van der Waals surface area contributed by atoms with Crippen molar-refractivity contribution in [1.82, 2.24) is 4.98 Å². The van der Waals surface area contributed by atoms with Crippen molar-refractivity contribution < 1.29 is 0 Å². The van der Waals surface area contributed by atoms with Gasteiger partial charge in [-0.1, -0.05) is 6.92 Å². The number of anilines is 2. The van der Waals surface area contributed by atoms with E-state index in [0.29, 0.717) is 0 Å².